The van der Waals surface area contributed by atoms with Gasteiger partial charge in [-0.05, 0) is 29.1 Å². The molecule has 2 aromatic rings. The van der Waals surface area contributed by atoms with Gasteiger partial charge in [0, 0.05) is 4.90 Å². The van der Waals surface area contributed by atoms with Crippen LogP contribution in [0.5, 0.6) is 0 Å². The van der Waals surface area contributed by atoms with E-state index in [4.69, 9.17) is 0 Å². The minimum absolute atomic E-state index is 0.340. The molecule has 74 valence electrons. The van der Waals surface area contributed by atoms with Gasteiger partial charge in [0.2, 0.25) is 0 Å². The number of nitrogens with one attached hydrogen (secondary N) is 1. The van der Waals surface area contributed by atoms with Crippen molar-refractivity contribution in [2.24, 2.45) is 0 Å². The third-order valence-corrected chi connectivity index (χ3v) is 3.59. The van der Waals surface area contributed by atoms with Crippen LogP contribution < -0.4 is 4.72 Å². The molecule has 1 N–H and O–H groups in total. The van der Waals surface area contributed by atoms with Gasteiger partial charge in [-0.1, -0.05) is 48.5 Å². The first kappa shape index (κ1) is 9.01. The monoisotopic (exact) mass is 213 g/mol. The molecule has 0 spiro atoms. The summed E-state index contributed by atoms with van der Waals surface area (Å²) in [6.45, 7) is 0. The Morgan fingerprint density at radius 1 is 0.867 bits per heavy atom. The summed E-state index contributed by atoms with van der Waals surface area (Å²) < 4.78 is 3.46. The molecule has 1 atom stereocenters. The topological polar surface area (TPSA) is 12.0 Å². The number of hydrogen-bond donors (Lipinski definition) is 1. The Hall–Kier alpha value is -1.25. The summed E-state index contributed by atoms with van der Waals surface area (Å²) in [6.07, 6.45) is 0. The van der Waals surface area contributed by atoms with Crippen molar-refractivity contribution in [2.75, 3.05) is 0 Å². The Kier molecular flexibility index (Phi) is 2.24. The third kappa shape index (κ3) is 1.56. The van der Waals surface area contributed by atoms with Crippen LogP contribution in [0.2, 0.25) is 0 Å². The number of fused-ring (bicyclic) bond motifs is 1. The molecule has 0 amide bonds. The zero-order chi connectivity index (χ0) is 10.1. The fourth-order valence-electron chi connectivity index (χ4n) is 1.89. The Balaban J connectivity index is 2.05. The van der Waals surface area contributed by atoms with Gasteiger partial charge in [-0.15, -0.1) is 0 Å². The van der Waals surface area contributed by atoms with E-state index in [1.54, 1.807) is 11.9 Å². The van der Waals surface area contributed by atoms with Crippen molar-refractivity contribution in [3.8, 4) is 0 Å². The summed E-state index contributed by atoms with van der Waals surface area (Å²) in [5.41, 5.74) is 2.71. The Labute approximate surface area is 93.7 Å². The highest BCUT2D eigenvalue weighted by Gasteiger charge is 2.23. The molecule has 0 saturated heterocycles. The van der Waals surface area contributed by atoms with Crippen LogP contribution in [0, 0.1) is 0 Å². The minimum atomic E-state index is 0.340. The van der Waals surface area contributed by atoms with Crippen molar-refractivity contribution in [2.45, 2.75) is 10.9 Å². The van der Waals surface area contributed by atoms with E-state index in [2.05, 4.69) is 59.3 Å². The van der Waals surface area contributed by atoms with Crippen molar-refractivity contribution < 1.29 is 0 Å². The predicted octanol–water partition coefficient (Wildman–Crippen LogP) is 3.39. The van der Waals surface area contributed by atoms with E-state index in [0.717, 1.165) is 0 Å². The second kappa shape index (κ2) is 3.72. The molecule has 1 heterocycles. The highest BCUT2D eigenvalue weighted by atomic mass is 32.2. The van der Waals surface area contributed by atoms with Gasteiger partial charge >= 0.3 is 0 Å². The number of rotatable bonds is 1. The lowest BCUT2D eigenvalue weighted by Gasteiger charge is -2.10. The minimum Gasteiger partial charge on any atom is -0.248 e. The fraction of sp³-hybridized carbons (Fsp3) is 0.0769. The lowest BCUT2D eigenvalue weighted by molar-refractivity contribution is 0.816. The van der Waals surface area contributed by atoms with Crippen molar-refractivity contribution in [3.63, 3.8) is 0 Å². The van der Waals surface area contributed by atoms with Crippen LogP contribution in [0.1, 0.15) is 17.2 Å². The Bertz CT molecular complexity index is 467. The molecule has 2 aromatic carbocycles. The van der Waals surface area contributed by atoms with Gasteiger partial charge < -0.3 is 0 Å². The average Bonchev–Trinajstić information content (AvgIpc) is 2.74. The van der Waals surface area contributed by atoms with Gasteiger partial charge in [0.15, 0.2) is 0 Å². The summed E-state index contributed by atoms with van der Waals surface area (Å²) in [6, 6.07) is 19.4. The SMILES string of the molecule is c1ccc([C@@H]2NSc3ccccc32)cc1. The van der Waals surface area contributed by atoms with Crippen LogP contribution in [0.15, 0.2) is 59.5 Å². The molecule has 0 unspecified atom stereocenters. The second-order valence-electron chi connectivity index (χ2n) is 3.60. The van der Waals surface area contributed by atoms with E-state index in [1.165, 1.54) is 16.0 Å². The third-order valence-electron chi connectivity index (χ3n) is 2.65. The fourth-order valence-corrected chi connectivity index (χ4v) is 2.85. The van der Waals surface area contributed by atoms with Crippen LogP contribution in [0.4, 0.5) is 0 Å². The summed E-state index contributed by atoms with van der Waals surface area (Å²) in [7, 11) is 0. The largest absolute Gasteiger partial charge is 0.248 e. The number of hydrogen-bond acceptors (Lipinski definition) is 2. The van der Waals surface area contributed by atoms with Crippen LogP contribution in [-0.4, -0.2) is 0 Å². The van der Waals surface area contributed by atoms with Crippen LogP contribution in [-0.2, 0) is 0 Å². The quantitative estimate of drug-likeness (QED) is 0.729. The van der Waals surface area contributed by atoms with Gasteiger partial charge in [-0.25, -0.2) is 4.72 Å². The van der Waals surface area contributed by atoms with Crippen LogP contribution in [0.25, 0.3) is 0 Å². The maximum atomic E-state index is 3.46. The smallest absolute Gasteiger partial charge is 0.0686 e. The van der Waals surface area contributed by atoms with E-state index in [0.29, 0.717) is 6.04 Å². The first-order valence-corrected chi connectivity index (χ1v) is 5.83. The molecule has 0 radical (unpaired) electrons. The summed E-state index contributed by atoms with van der Waals surface area (Å²) in [5, 5.41) is 0. The first-order chi connectivity index (χ1) is 7.45. The van der Waals surface area contributed by atoms with Crippen molar-refractivity contribution in [1.29, 1.82) is 0 Å². The number of benzene rings is 2. The average molecular weight is 213 g/mol. The molecule has 0 aliphatic carbocycles. The molecular weight excluding hydrogens is 202 g/mol. The van der Waals surface area contributed by atoms with Crippen molar-refractivity contribution in [1.82, 2.24) is 4.72 Å². The molecule has 0 fully saturated rings. The molecule has 1 aliphatic rings. The van der Waals surface area contributed by atoms with Gasteiger partial charge in [0.1, 0.15) is 0 Å². The standard InChI is InChI=1S/C13H11NS/c1-2-6-10(7-3-1)13-11-8-4-5-9-12(11)15-14-13/h1-9,13-14H/t13-/m0/s1. The van der Waals surface area contributed by atoms with E-state index in [-0.39, 0.29) is 0 Å². The Morgan fingerprint density at radius 2 is 1.60 bits per heavy atom. The zero-order valence-corrected chi connectivity index (χ0v) is 9.00. The molecular formula is C13H11NS. The highest BCUT2D eigenvalue weighted by Crippen LogP contribution is 2.38. The van der Waals surface area contributed by atoms with E-state index < -0.39 is 0 Å². The normalized spacial score (nSPS) is 18.8. The maximum Gasteiger partial charge on any atom is 0.0686 e. The summed E-state index contributed by atoms with van der Waals surface area (Å²) in [5.74, 6) is 0. The van der Waals surface area contributed by atoms with Gasteiger partial charge in [-0.3, -0.25) is 0 Å². The summed E-state index contributed by atoms with van der Waals surface area (Å²) >= 11 is 1.72. The van der Waals surface area contributed by atoms with Crippen LogP contribution in [0.3, 0.4) is 0 Å². The lowest BCUT2D eigenvalue weighted by atomic mass is 10.00. The maximum absolute atomic E-state index is 3.46. The molecule has 0 bridgehead atoms. The van der Waals surface area contributed by atoms with Gasteiger partial charge in [-0.2, -0.15) is 0 Å². The van der Waals surface area contributed by atoms with Crippen molar-refractivity contribution in [3.05, 3.63) is 65.7 Å². The molecule has 3 rings (SSSR count). The second-order valence-corrected chi connectivity index (χ2v) is 4.48. The van der Waals surface area contributed by atoms with E-state index in [1.807, 2.05) is 0 Å². The molecule has 1 nitrogen and oxygen atoms in total. The molecule has 2 heteroatoms. The first-order valence-electron chi connectivity index (χ1n) is 5.01. The van der Waals surface area contributed by atoms with Gasteiger partial charge in [0.25, 0.3) is 0 Å². The van der Waals surface area contributed by atoms with Crippen molar-refractivity contribution >= 4 is 11.9 Å². The molecule has 0 aromatic heterocycles. The zero-order valence-electron chi connectivity index (χ0n) is 8.18. The molecule has 15 heavy (non-hydrogen) atoms. The van der Waals surface area contributed by atoms with Crippen LogP contribution >= 0.6 is 11.9 Å². The lowest BCUT2D eigenvalue weighted by Crippen LogP contribution is -2.08. The van der Waals surface area contributed by atoms with E-state index in [9.17, 15) is 0 Å². The predicted molar refractivity (Wildman–Crippen MR) is 63.7 cm³/mol. The molecule has 0 saturated carbocycles. The van der Waals surface area contributed by atoms with E-state index >= 15 is 0 Å². The Morgan fingerprint density at radius 3 is 2.47 bits per heavy atom. The van der Waals surface area contributed by atoms with Gasteiger partial charge in [0.05, 0.1) is 6.04 Å². The highest BCUT2D eigenvalue weighted by molar-refractivity contribution is 7.97. The summed E-state index contributed by atoms with van der Waals surface area (Å²) in [4.78, 5) is 1.34. The molecule has 1 aliphatic heterocycles.